The lowest BCUT2D eigenvalue weighted by atomic mass is 9.95. The van der Waals surface area contributed by atoms with Gasteiger partial charge in [0.25, 0.3) is 10.0 Å². The predicted molar refractivity (Wildman–Crippen MR) is 122 cm³/mol. The fourth-order valence-corrected chi connectivity index (χ4v) is 6.35. The van der Waals surface area contributed by atoms with Crippen molar-refractivity contribution in [2.24, 2.45) is 0 Å². The highest BCUT2D eigenvalue weighted by atomic mass is 32.2. The lowest BCUT2D eigenvalue weighted by Gasteiger charge is -2.34. The SMILES string of the molecule is CCOC(=O)c1cccc(NC(=O)[C@@H]2Cc3ccccc3CN2S(=O)(=O)c2cccs2)c1. The Morgan fingerprint density at radius 2 is 1.88 bits per heavy atom. The van der Waals surface area contributed by atoms with E-state index in [9.17, 15) is 18.0 Å². The molecule has 1 atom stereocenters. The molecule has 0 bridgehead atoms. The number of nitrogens with one attached hydrogen (secondary N) is 1. The molecule has 4 rings (SSSR count). The number of nitrogens with zero attached hydrogens (tertiary/aromatic N) is 1. The number of carbonyl (C=O) groups excluding carboxylic acids is 2. The summed E-state index contributed by atoms with van der Waals surface area (Å²) in [5.74, 6) is -0.947. The second-order valence-corrected chi connectivity index (χ2v) is 10.3. The number of esters is 1. The zero-order valence-electron chi connectivity index (χ0n) is 17.4. The summed E-state index contributed by atoms with van der Waals surface area (Å²) in [6, 6.07) is 16.2. The van der Waals surface area contributed by atoms with E-state index < -0.39 is 27.9 Å². The number of carbonyl (C=O) groups is 2. The smallest absolute Gasteiger partial charge is 0.338 e. The highest BCUT2D eigenvalue weighted by molar-refractivity contribution is 7.91. The number of rotatable bonds is 6. The molecule has 0 unspecified atom stereocenters. The topological polar surface area (TPSA) is 92.8 Å². The number of hydrogen-bond donors (Lipinski definition) is 1. The maximum Gasteiger partial charge on any atom is 0.338 e. The molecule has 1 aliphatic heterocycles. The van der Waals surface area contributed by atoms with Crippen LogP contribution in [0.25, 0.3) is 0 Å². The second kappa shape index (κ2) is 9.23. The van der Waals surface area contributed by atoms with Crippen LogP contribution in [0.3, 0.4) is 0 Å². The number of sulfonamides is 1. The maximum absolute atomic E-state index is 13.3. The number of hydrogen-bond acceptors (Lipinski definition) is 6. The van der Waals surface area contributed by atoms with Gasteiger partial charge in [-0.1, -0.05) is 36.4 Å². The molecule has 7 nitrogen and oxygen atoms in total. The van der Waals surface area contributed by atoms with Crippen molar-refractivity contribution in [3.63, 3.8) is 0 Å². The van der Waals surface area contributed by atoms with Crippen LogP contribution in [0, 0.1) is 0 Å². The van der Waals surface area contributed by atoms with Crippen LogP contribution >= 0.6 is 11.3 Å². The number of benzene rings is 2. The van der Waals surface area contributed by atoms with Gasteiger partial charge >= 0.3 is 5.97 Å². The van der Waals surface area contributed by atoms with Crippen LogP contribution in [-0.2, 0) is 32.5 Å². The zero-order chi connectivity index (χ0) is 22.7. The minimum Gasteiger partial charge on any atom is -0.462 e. The molecule has 1 aliphatic rings. The molecule has 9 heteroatoms. The van der Waals surface area contributed by atoms with Crippen LogP contribution < -0.4 is 5.32 Å². The number of amides is 1. The second-order valence-electron chi connectivity index (χ2n) is 7.26. The average molecular weight is 471 g/mol. The van der Waals surface area contributed by atoms with Gasteiger partial charge in [0.05, 0.1) is 12.2 Å². The summed E-state index contributed by atoms with van der Waals surface area (Å²) in [4.78, 5) is 25.3. The van der Waals surface area contributed by atoms with Crippen molar-refractivity contribution in [1.82, 2.24) is 4.31 Å². The van der Waals surface area contributed by atoms with Crippen LogP contribution in [0.1, 0.15) is 28.4 Å². The molecule has 0 aliphatic carbocycles. The third-order valence-corrected chi connectivity index (χ3v) is 8.44. The maximum atomic E-state index is 13.3. The monoisotopic (exact) mass is 470 g/mol. The van der Waals surface area contributed by atoms with Crippen molar-refractivity contribution in [3.8, 4) is 0 Å². The predicted octanol–water partition coefficient (Wildman–Crippen LogP) is 3.68. The molecule has 166 valence electrons. The van der Waals surface area contributed by atoms with Crippen molar-refractivity contribution in [2.45, 2.75) is 30.1 Å². The summed E-state index contributed by atoms with van der Waals surface area (Å²) in [5, 5.41) is 4.47. The Balaban J connectivity index is 1.64. The molecule has 0 radical (unpaired) electrons. The first kappa shape index (κ1) is 22.2. The van der Waals surface area contributed by atoms with Crippen LogP contribution in [0.2, 0.25) is 0 Å². The molecule has 1 N–H and O–H groups in total. The van der Waals surface area contributed by atoms with Crippen molar-refractivity contribution in [1.29, 1.82) is 0 Å². The Labute approximate surface area is 190 Å². The highest BCUT2D eigenvalue weighted by Crippen LogP contribution is 2.31. The minimum absolute atomic E-state index is 0.108. The number of ether oxygens (including phenoxy) is 1. The number of fused-ring (bicyclic) bond motifs is 1. The van der Waals surface area contributed by atoms with E-state index in [0.29, 0.717) is 11.3 Å². The van der Waals surface area contributed by atoms with Crippen LogP contribution in [0.15, 0.2) is 70.3 Å². The van der Waals surface area contributed by atoms with E-state index in [-0.39, 0.29) is 23.8 Å². The molecule has 0 fully saturated rings. The van der Waals surface area contributed by atoms with Gasteiger partial charge in [-0.05, 0) is 54.1 Å². The van der Waals surface area contributed by atoms with E-state index in [4.69, 9.17) is 4.74 Å². The molecule has 2 aromatic carbocycles. The Hall–Kier alpha value is -3.01. The van der Waals surface area contributed by atoms with E-state index in [0.717, 1.165) is 22.5 Å². The standard InChI is InChI=1S/C23H22N2O5S2/c1-2-30-23(27)17-9-5-10-19(13-17)24-22(26)20-14-16-7-3-4-8-18(16)15-25(20)32(28,29)21-11-6-12-31-21/h3-13,20H,2,14-15H2,1H3,(H,24,26)/t20-/m0/s1. The molecular weight excluding hydrogens is 448 g/mol. The quantitative estimate of drug-likeness (QED) is 0.555. The first-order valence-electron chi connectivity index (χ1n) is 10.1. The van der Waals surface area contributed by atoms with E-state index >= 15 is 0 Å². The van der Waals surface area contributed by atoms with E-state index in [1.54, 1.807) is 36.6 Å². The van der Waals surface area contributed by atoms with E-state index in [2.05, 4.69) is 5.32 Å². The Morgan fingerprint density at radius 1 is 1.09 bits per heavy atom. The highest BCUT2D eigenvalue weighted by Gasteiger charge is 2.40. The van der Waals surface area contributed by atoms with Crippen molar-refractivity contribution in [3.05, 3.63) is 82.7 Å². The zero-order valence-corrected chi connectivity index (χ0v) is 19.0. The number of thiophene rings is 1. The van der Waals surface area contributed by atoms with Gasteiger partial charge in [-0.15, -0.1) is 11.3 Å². The third-order valence-electron chi connectivity index (χ3n) is 5.21. The average Bonchev–Trinajstić information content (AvgIpc) is 3.34. The van der Waals surface area contributed by atoms with Gasteiger partial charge in [0.2, 0.25) is 5.91 Å². The Morgan fingerprint density at radius 3 is 2.59 bits per heavy atom. The Kier molecular flexibility index (Phi) is 6.40. The summed E-state index contributed by atoms with van der Waals surface area (Å²) >= 11 is 1.12. The van der Waals surface area contributed by atoms with Gasteiger partial charge in [0.15, 0.2) is 0 Å². The minimum atomic E-state index is -3.86. The van der Waals surface area contributed by atoms with Gasteiger partial charge in [-0.3, -0.25) is 4.79 Å². The number of anilines is 1. The summed E-state index contributed by atoms with van der Waals surface area (Å²) < 4.78 is 33.1. The van der Waals surface area contributed by atoms with Crippen molar-refractivity contribution >= 4 is 38.9 Å². The lowest BCUT2D eigenvalue weighted by Crippen LogP contribution is -2.50. The molecule has 1 aromatic heterocycles. The molecule has 1 amide bonds. The first-order valence-corrected chi connectivity index (χ1v) is 12.4. The normalized spacial score (nSPS) is 16.2. The molecule has 0 saturated carbocycles. The van der Waals surface area contributed by atoms with Crippen LogP contribution in [0.5, 0.6) is 0 Å². The molecule has 2 heterocycles. The van der Waals surface area contributed by atoms with Gasteiger partial charge in [0.1, 0.15) is 10.3 Å². The van der Waals surface area contributed by atoms with Crippen LogP contribution in [0.4, 0.5) is 5.69 Å². The van der Waals surface area contributed by atoms with E-state index in [1.807, 2.05) is 24.3 Å². The summed E-state index contributed by atoms with van der Waals surface area (Å²) in [5.41, 5.74) is 2.51. The van der Waals surface area contributed by atoms with Crippen molar-refractivity contribution < 1.29 is 22.7 Å². The van der Waals surface area contributed by atoms with Gasteiger partial charge in [0, 0.05) is 12.2 Å². The van der Waals surface area contributed by atoms with Crippen LogP contribution in [-0.4, -0.2) is 37.2 Å². The molecule has 32 heavy (non-hydrogen) atoms. The fourth-order valence-electron chi connectivity index (χ4n) is 3.66. The summed E-state index contributed by atoms with van der Waals surface area (Å²) in [7, 11) is -3.86. The third kappa shape index (κ3) is 4.45. The molecular formula is C23H22N2O5S2. The van der Waals surface area contributed by atoms with Gasteiger partial charge in [-0.2, -0.15) is 4.31 Å². The van der Waals surface area contributed by atoms with Gasteiger partial charge < -0.3 is 10.1 Å². The molecule has 3 aromatic rings. The lowest BCUT2D eigenvalue weighted by molar-refractivity contribution is -0.120. The Bertz CT molecular complexity index is 1240. The molecule has 0 saturated heterocycles. The first-order chi connectivity index (χ1) is 15.4. The van der Waals surface area contributed by atoms with Gasteiger partial charge in [-0.25, -0.2) is 13.2 Å². The summed E-state index contributed by atoms with van der Waals surface area (Å²) in [6.45, 7) is 2.07. The van der Waals surface area contributed by atoms with Crippen molar-refractivity contribution in [2.75, 3.05) is 11.9 Å². The molecule has 0 spiro atoms. The van der Waals surface area contributed by atoms with E-state index in [1.165, 1.54) is 16.4 Å². The largest absolute Gasteiger partial charge is 0.462 e. The fraction of sp³-hybridized carbons (Fsp3) is 0.217. The summed E-state index contributed by atoms with van der Waals surface area (Å²) in [6.07, 6.45) is 0.254.